The Balaban J connectivity index is 2.19. The topological polar surface area (TPSA) is 78.9 Å². The molecule has 0 saturated carbocycles. The number of methoxy groups -OCH3 is 1. The van der Waals surface area contributed by atoms with E-state index in [0.29, 0.717) is 24.7 Å². The van der Waals surface area contributed by atoms with E-state index < -0.39 is 11.9 Å². The van der Waals surface area contributed by atoms with Gasteiger partial charge in [0.05, 0.1) is 13.7 Å². The predicted molar refractivity (Wildman–Crippen MR) is 72.7 cm³/mol. The molecule has 1 aliphatic rings. The van der Waals surface area contributed by atoms with Crippen LogP contribution in [0.1, 0.15) is 18.9 Å². The fourth-order valence-electron chi connectivity index (χ4n) is 2.44. The summed E-state index contributed by atoms with van der Waals surface area (Å²) in [7, 11) is 1.55. The van der Waals surface area contributed by atoms with E-state index in [9.17, 15) is 14.7 Å². The molecule has 6 heteroatoms. The molecule has 1 amide bonds. The van der Waals surface area contributed by atoms with Gasteiger partial charge in [0.15, 0.2) is 11.5 Å². The molecule has 1 atom stereocenters. The highest BCUT2D eigenvalue weighted by Gasteiger charge is 2.31. The van der Waals surface area contributed by atoms with Crippen LogP contribution in [-0.4, -0.2) is 37.0 Å². The number of likely N-dealkylation sites (tertiary alicyclic amines) is 1. The van der Waals surface area contributed by atoms with E-state index in [1.807, 2.05) is 19.1 Å². The lowest BCUT2D eigenvalue weighted by molar-refractivity contribution is -0.311. The third-order valence-electron chi connectivity index (χ3n) is 3.48. The number of rotatable bonds is 6. The smallest absolute Gasteiger partial charge is 0.223 e. The third-order valence-corrected chi connectivity index (χ3v) is 3.48. The Kier molecular flexibility index (Phi) is 4.67. The van der Waals surface area contributed by atoms with Crippen molar-refractivity contribution >= 4 is 11.9 Å². The first kappa shape index (κ1) is 15.2. The molecule has 114 valence electrons. The van der Waals surface area contributed by atoms with E-state index in [-0.39, 0.29) is 18.9 Å². The average molecular weight is 292 g/mol. The number of carbonyl (C=O) groups is 2. The molecular formula is C15H18NO5-. The number of aliphatic carboxylic acids is 1. The molecule has 21 heavy (non-hydrogen) atoms. The fraction of sp³-hybridized carbons (Fsp3) is 0.467. The molecule has 0 aromatic heterocycles. The summed E-state index contributed by atoms with van der Waals surface area (Å²) < 4.78 is 10.8. The lowest BCUT2D eigenvalue weighted by atomic mass is 10.1. The SMILES string of the molecule is CCOc1c(CN2C[C@H](C(=O)[O-])CC2=O)cccc1OC. The number of benzene rings is 1. The van der Waals surface area contributed by atoms with Crippen molar-refractivity contribution in [1.29, 1.82) is 0 Å². The van der Waals surface area contributed by atoms with Crippen molar-refractivity contribution in [3.63, 3.8) is 0 Å². The van der Waals surface area contributed by atoms with Crippen molar-refractivity contribution in [2.75, 3.05) is 20.3 Å². The van der Waals surface area contributed by atoms with Crippen LogP contribution in [0.5, 0.6) is 11.5 Å². The van der Waals surface area contributed by atoms with Crippen molar-refractivity contribution in [3.05, 3.63) is 23.8 Å². The zero-order valence-electron chi connectivity index (χ0n) is 12.1. The maximum Gasteiger partial charge on any atom is 0.223 e. The molecule has 0 radical (unpaired) electrons. The zero-order chi connectivity index (χ0) is 15.4. The molecule has 1 fully saturated rings. The summed E-state index contributed by atoms with van der Waals surface area (Å²) >= 11 is 0. The van der Waals surface area contributed by atoms with Crippen LogP contribution in [0.25, 0.3) is 0 Å². The molecule has 6 nitrogen and oxygen atoms in total. The van der Waals surface area contributed by atoms with E-state index in [4.69, 9.17) is 9.47 Å². The highest BCUT2D eigenvalue weighted by Crippen LogP contribution is 2.33. The Bertz CT molecular complexity index is 543. The van der Waals surface area contributed by atoms with E-state index >= 15 is 0 Å². The van der Waals surface area contributed by atoms with Gasteiger partial charge >= 0.3 is 0 Å². The minimum absolute atomic E-state index is 0.00370. The summed E-state index contributed by atoms with van der Waals surface area (Å²) in [6.07, 6.45) is -0.00370. The Morgan fingerprint density at radius 2 is 2.24 bits per heavy atom. The van der Waals surface area contributed by atoms with Crippen molar-refractivity contribution in [3.8, 4) is 11.5 Å². The standard InChI is InChI=1S/C15H19NO5/c1-3-21-14-10(5-4-6-12(14)20-2)8-16-9-11(15(18)19)7-13(16)17/h4-6,11H,3,7-9H2,1-2H3,(H,18,19)/p-1/t11-/m1/s1. The highest BCUT2D eigenvalue weighted by atomic mass is 16.5. The number of carboxylic acids is 1. The number of ether oxygens (including phenoxy) is 2. The van der Waals surface area contributed by atoms with Crippen molar-refractivity contribution in [2.45, 2.75) is 19.9 Å². The summed E-state index contributed by atoms with van der Waals surface area (Å²) in [5, 5.41) is 10.9. The number of hydrogen-bond acceptors (Lipinski definition) is 5. The van der Waals surface area contributed by atoms with Gasteiger partial charge in [-0.05, 0) is 13.0 Å². The van der Waals surface area contributed by atoms with E-state index in [2.05, 4.69) is 0 Å². The Hall–Kier alpha value is -2.24. The Morgan fingerprint density at radius 1 is 1.48 bits per heavy atom. The van der Waals surface area contributed by atoms with Gasteiger partial charge in [-0.25, -0.2) is 0 Å². The minimum Gasteiger partial charge on any atom is -0.550 e. The van der Waals surface area contributed by atoms with Crippen LogP contribution in [0, 0.1) is 5.92 Å². The Labute approximate surface area is 123 Å². The maximum atomic E-state index is 11.9. The van der Waals surface area contributed by atoms with Crippen molar-refractivity contribution in [1.82, 2.24) is 4.90 Å². The van der Waals surface area contributed by atoms with Crippen LogP contribution >= 0.6 is 0 Å². The van der Waals surface area contributed by atoms with Gasteiger partial charge in [0.2, 0.25) is 5.91 Å². The fourth-order valence-corrected chi connectivity index (χ4v) is 2.44. The summed E-state index contributed by atoms with van der Waals surface area (Å²) in [6, 6.07) is 5.44. The number of para-hydroxylation sites is 1. The molecular weight excluding hydrogens is 274 g/mol. The molecule has 1 aliphatic heterocycles. The first-order valence-electron chi connectivity index (χ1n) is 6.84. The molecule has 1 aromatic rings. The Morgan fingerprint density at radius 3 is 2.81 bits per heavy atom. The van der Waals surface area contributed by atoms with Crippen LogP contribution < -0.4 is 14.6 Å². The van der Waals surface area contributed by atoms with Gasteiger partial charge < -0.3 is 24.3 Å². The summed E-state index contributed by atoms with van der Waals surface area (Å²) in [4.78, 5) is 24.3. The largest absolute Gasteiger partial charge is 0.550 e. The van der Waals surface area contributed by atoms with E-state index in [0.717, 1.165) is 5.56 Å². The first-order valence-corrected chi connectivity index (χ1v) is 6.84. The van der Waals surface area contributed by atoms with Crippen molar-refractivity contribution in [2.24, 2.45) is 5.92 Å². The van der Waals surface area contributed by atoms with Gasteiger partial charge in [-0.2, -0.15) is 0 Å². The van der Waals surface area contributed by atoms with Crippen LogP contribution in [0.15, 0.2) is 18.2 Å². The van der Waals surface area contributed by atoms with Crippen LogP contribution in [0.4, 0.5) is 0 Å². The number of nitrogens with zero attached hydrogens (tertiary/aromatic N) is 1. The molecule has 1 heterocycles. The summed E-state index contributed by atoms with van der Waals surface area (Å²) in [6.45, 7) is 2.81. The molecule has 1 saturated heterocycles. The predicted octanol–water partition coefficient (Wildman–Crippen LogP) is 0.192. The molecule has 0 N–H and O–H groups in total. The van der Waals surface area contributed by atoms with Gasteiger partial charge in [-0.3, -0.25) is 4.79 Å². The summed E-state index contributed by atoms with van der Waals surface area (Å²) in [5.74, 6) is -0.917. The van der Waals surface area contributed by atoms with Crippen molar-refractivity contribution < 1.29 is 24.2 Å². The number of hydrogen-bond donors (Lipinski definition) is 0. The zero-order valence-corrected chi connectivity index (χ0v) is 12.1. The minimum atomic E-state index is -1.18. The second-order valence-corrected chi connectivity index (χ2v) is 4.88. The van der Waals surface area contributed by atoms with E-state index in [1.54, 1.807) is 13.2 Å². The second kappa shape index (κ2) is 6.47. The quantitative estimate of drug-likeness (QED) is 0.748. The van der Waals surface area contributed by atoms with Crippen LogP contribution in [0.3, 0.4) is 0 Å². The lowest BCUT2D eigenvalue weighted by Gasteiger charge is -2.20. The monoisotopic (exact) mass is 292 g/mol. The van der Waals surface area contributed by atoms with Gasteiger partial charge in [-0.1, -0.05) is 12.1 Å². The van der Waals surface area contributed by atoms with Crippen LogP contribution in [-0.2, 0) is 16.1 Å². The molecule has 2 rings (SSSR count). The third kappa shape index (κ3) is 3.26. The number of amides is 1. The highest BCUT2D eigenvalue weighted by molar-refractivity contribution is 5.85. The van der Waals surface area contributed by atoms with Gasteiger partial charge in [0.1, 0.15) is 0 Å². The normalized spacial score (nSPS) is 17.9. The second-order valence-electron chi connectivity index (χ2n) is 4.88. The van der Waals surface area contributed by atoms with E-state index in [1.165, 1.54) is 4.90 Å². The van der Waals surface area contributed by atoms with Crippen LogP contribution in [0.2, 0.25) is 0 Å². The summed E-state index contributed by atoms with van der Waals surface area (Å²) in [5.41, 5.74) is 0.795. The molecule has 1 aromatic carbocycles. The van der Waals surface area contributed by atoms with Gasteiger partial charge in [-0.15, -0.1) is 0 Å². The number of carboxylic acid groups (broad SMARTS) is 1. The van der Waals surface area contributed by atoms with Gasteiger partial charge in [0.25, 0.3) is 0 Å². The molecule has 0 spiro atoms. The maximum absolute atomic E-state index is 11.9. The molecule has 0 unspecified atom stereocenters. The molecule has 0 aliphatic carbocycles. The average Bonchev–Trinajstić information content (AvgIpc) is 2.82. The van der Waals surface area contributed by atoms with Gasteiger partial charge in [0, 0.05) is 37.0 Å². The number of carbonyl (C=O) groups excluding carboxylic acids is 2. The molecule has 0 bridgehead atoms. The first-order chi connectivity index (χ1) is 10.1. The lowest BCUT2D eigenvalue weighted by Crippen LogP contribution is -2.33.